The van der Waals surface area contributed by atoms with Crippen LogP contribution in [0.4, 0.5) is 0 Å². The normalized spacial score (nSPS) is 14.4. The van der Waals surface area contributed by atoms with Crippen molar-refractivity contribution in [2.45, 2.75) is 43.9 Å². The molecule has 1 rings (SSSR count). The lowest BCUT2D eigenvalue weighted by Gasteiger charge is -2.22. The van der Waals surface area contributed by atoms with Gasteiger partial charge in [-0.15, -0.1) is 0 Å². The molecule has 31 heavy (non-hydrogen) atoms. The first-order valence-electron chi connectivity index (χ1n) is 9.37. The molecule has 0 aliphatic carbocycles. The van der Waals surface area contributed by atoms with Gasteiger partial charge in [0, 0.05) is 12.2 Å². The van der Waals surface area contributed by atoms with Crippen LogP contribution in [0.2, 0.25) is 0 Å². The maximum absolute atomic E-state index is 12.5. The van der Waals surface area contributed by atoms with E-state index in [1.165, 1.54) is 6.92 Å². The molecule has 8 N–H and O–H groups in total. The Kier molecular flexibility index (Phi) is 10.5. The van der Waals surface area contributed by atoms with Gasteiger partial charge < -0.3 is 32.5 Å². The van der Waals surface area contributed by atoms with Gasteiger partial charge >= 0.3 is 5.97 Å². The molecule has 170 valence electrons. The van der Waals surface area contributed by atoms with Crippen molar-refractivity contribution >= 4 is 42.2 Å². The minimum absolute atomic E-state index is 0.00748. The molecule has 0 aliphatic rings. The minimum atomic E-state index is -1.36. The number of thiol groups is 1. The van der Waals surface area contributed by atoms with Crippen molar-refractivity contribution < 1.29 is 29.1 Å². The van der Waals surface area contributed by atoms with Gasteiger partial charge in [0.15, 0.2) is 0 Å². The van der Waals surface area contributed by atoms with Crippen molar-refractivity contribution in [2.24, 2.45) is 11.5 Å². The quantitative estimate of drug-likeness (QED) is 0.176. The average Bonchev–Trinajstić information content (AvgIpc) is 2.72. The zero-order valence-electron chi connectivity index (χ0n) is 16.9. The first-order valence-corrected chi connectivity index (χ1v) is 10.0. The van der Waals surface area contributed by atoms with Gasteiger partial charge in [0.1, 0.15) is 18.1 Å². The molecular formula is C19H27N5O6S. The fourth-order valence-electron chi connectivity index (χ4n) is 2.50. The van der Waals surface area contributed by atoms with E-state index in [-0.39, 0.29) is 12.2 Å². The van der Waals surface area contributed by atoms with Gasteiger partial charge in [-0.05, 0) is 12.5 Å². The highest BCUT2D eigenvalue weighted by Crippen LogP contribution is 2.04. The summed E-state index contributed by atoms with van der Waals surface area (Å²) in [5.41, 5.74) is 11.4. The van der Waals surface area contributed by atoms with Crippen LogP contribution in [0, 0.1) is 0 Å². The predicted molar refractivity (Wildman–Crippen MR) is 115 cm³/mol. The van der Waals surface area contributed by atoms with E-state index in [0.717, 1.165) is 0 Å². The Morgan fingerprint density at radius 2 is 1.55 bits per heavy atom. The Balaban J connectivity index is 2.77. The first-order chi connectivity index (χ1) is 14.5. The summed E-state index contributed by atoms with van der Waals surface area (Å²) in [6.07, 6.45) is -0.471. The molecule has 0 fully saturated rings. The van der Waals surface area contributed by atoms with Crippen LogP contribution in [-0.2, 0) is 30.4 Å². The number of amides is 4. The molecule has 1 aromatic rings. The van der Waals surface area contributed by atoms with Gasteiger partial charge in [0.25, 0.3) is 0 Å². The van der Waals surface area contributed by atoms with Crippen LogP contribution >= 0.6 is 12.6 Å². The van der Waals surface area contributed by atoms with Crippen LogP contribution in [0.1, 0.15) is 18.9 Å². The smallest absolute Gasteiger partial charge is 0.326 e. The van der Waals surface area contributed by atoms with Crippen LogP contribution < -0.4 is 27.4 Å². The number of nitrogens with two attached hydrogens (primary N) is 2. The van der Waals surface area contributed by atoms with Crippen LogP contribution in [0.5, 0.6) is 0 Å². The second kappa shape index (κ2) is 12.5. The number of carboxylic acids is 1. The van der Waals surface area contributed by atoms with E-state index in [9.17, 15) is 29.1 Å². The third-order valence-electron chi connectivity index (χ3n) is 4.22. The van der Waals surface area contributed by atoms with Gasteiger partial charge in [-0.1, -0.05) is 30.3 Å². The Labute approximate surface area is 184 Å². The standard InChI is InChI=1S/C19H27N5O6S/c1-10(16(26)24-14(19(29)30)7-11-5-3-2-4-6-11)22-18(28)13(8-15(21)25)23-17(27)12(20)9-31/h2-6,10,12-14,31H,7-9,20H2,1H3,(H2,21,25)(H,22,28)(H,23,27)(H,24,26)(H,29,30). The van der Waals surface area contributed by atoms with Gasteiger partial charge in [-0.3, -0.25) is 19.2 Å². The molecular weight excluding hydrogens is 426 g/mol. The summed E-state index contributed by atoms with van der Waals surface area (Å²) >= 11 is 3.89. The van der Waals surface area contributed by atoms with E-state index in [0.29, 0.717) is 5.56 Å². The SMILES string of the molecule is CC(NC(=O)C(CC(N)=O)NC(=O)C(N)CS)C(=O)NC(Cc1ccccc1)C(=O)O. The van der Waals surface area contributed by atoms with Crippen molar-refractivity contribution in [3.8, 4) is 0 Å². The van der Waals surface area contributed by atoms with Crippen LogP contribution in [-0.4, -0.2) is 64.6 Å². The lowest BCUT2D eigenvalue weighted by atomic mass is 10.1. The van der Waals surface area contributed by atoms with E-state index in [4.69, 9.17) is 11.5 Å². The van der Waals surface area contributed by atoms with Crippen molar-refractivity contribution in [1.82, 2.24) is 16.0 Å². The molecule has 0 saturated heterocycles. The Hall–Kier alpha value is -3.12. The third-order valence-corrected chi connectivity index (χ3v) is 4.61. The molecule has 0 aliphatic heterocycles. The lowest BCUT2D eigenvalue weighted by Crippen LogP contribution is -2.57. The summed E-state index contributed by atoms with van der Waals surface area (Å²) in [6, 6.07) is 3.96. The van der Waals surface area contributed by atoms with E-state index in [2.05, 4.69) is 28.6 Å². The van der Waals surface area contributed by atoms with Crippen LogP contribution in [0.15, 0.2) is 30.3 Å². The third kappa shape index (κ3) is 9.05. The second-order valence-corrected chi connectivity index (χ2v) is 7.21. The highest BCUT2D eigenvalue weighted by Gasteiger charge is 2.29. The Bertz CT molecular complexity index is 806. The van der Waals surface area contributed by atoms with Crippen molar-refractivity contribution in [1.29, 1.82) is 0 Å². The summed E-state index contributed by atoms with van der Waals surface area (Å²) in [5.74, 6) is -4.42. The number of benzene rings is 1. The van der Waals surface area contributed by atoms with Gasteiger partial charge in [0.05, 0.1) is 12.5 Å². The van der Waals surface area contributed by atoms with Crippen molar-refractivity contribution in [2.75, 3.05) is 5.75 Å². The number of carbonyl (C=O) groups is 5. The van der Waals surface area contributed by atoms with E-state index < -0.39 is 60.2 Å². The fraction of sp³-hybridized carbons (Fsp3) is 0.421. The maximum atomic E-state index is 12.5. The number of carboxylic acid groups (broad SMARTS) is 1. The zero-order valence-corrected chi connectivity index (χ0v) is 17.8. The molecule has 0 aromatic heterocycles. The summed E-state index contributed by atoms with van der Waals surface area (Å²) in [5, 5.41) is 16.4. The molecule has 12 heteroatoms. The van der Waals surface area contributed by atoms with Crippen LogP contribution in [0.3, 0.4) is 0 Å². The molecule has 4 amide bonds. The number of hydrogen-bond acceptors (Lipinski definition) is 7. The highest BCUT2D eigenvalue weighted by atomic mass is 32.1. The summed E-state index contributed by atoms with van der Waals surface area (Å²) < 4.78 is 0. The monoisotopic (exact) mass is 453 g/mol. The highest BCUT2D eigenvalue weighted by molar-refractivity contribution is 7.80. The molecule has 0 bridgehead atoms. The molecule has 0 radical (unpaired) electrons. The van der Waals surface area contributed by atoms with Crippen molar-refractivity contribution in [3.63, 3.8) is 0 Å². The van der Waals surface area contributed by atoms with E-state index in [1.54, 1.807) is 30.3 Å². The van der Waals surface area contributed by atoms with Gasteiger partial charge in [-0.2, -0.15) is 12.6 Å². The van der Waals surface area contributed by atoms with Crippen molar-refractivity contribution in [3.05, 3.63) is 35.9 Å². The summed E-state index contributed by atoms with van der Waals surface area (Å²) in [6.45, 7) is 1.33. The number of nitrogens with one attached hydrogen (secondary N) is 3. The Morgan fingerprint density at radius 3 is 2.06 bits per heavy atom. The fourth-order valence-corrected chi connectivity index (χ4v) is 2.66. The number of primary amides is 1. The minimum Gasteiger partial charge on any atom is -0.480 e. The predicted octanol–water partition coefficient (Wildman–Crippen LogP) is -2.08. The molecule has 0 heterocycles. The Morgan fingerprint density at radius 1 is 0.968 bits per heavy atom. The number of aliphatic carboxylic acids is 1. The number of rotatable bonds is 12. The van der Waals surface area contributed by atoms with E-state index in [1.807, 2.05) is 0 Å². The first kappa shape index (κ1) is 25.9. The van der Waals surface area contributed by atoms with Gasteiger partial charge in [0.2, 0.25) is 23.6 Å². The average molecular weight is 454 g/mol. The topological polar surface area (TPSA) is 194 Å². The molecule has 4 atom stereocenters. The molecule has 0 spiro atoms. The maximum Gasteiger partial charge on any atom is 0.326 e. The molecule has 0 saturated carbocycles. The van der Waals surface area contributed by atoms with Crippen LogP contribution in [0.25, 0.3) is 0 Å². The summed E-state index contributed by atoms with van der Waals surface area (Å²) in [7, 11) is 0. The zero-order chi connectivity index (χ0) is 23.6. The van der Waals surface area contributed by atoms with E-state index >= 15 is 0 Å². The lowest BCUT2D eigenvalue weighted by molar-refractivity contribution is -0.142. The summed E-state index contributed by atoms with van der Waals surface area (Å²) in [4.78, 5) is 59.5. The van der Waals surface area contributed by atoms with Gasteiger partial charge in [-0.25, -0.2) is 4.79 Å². The number of hydrogen-bond donors (Lipinski definition) is 7. The molecule has 1 aromatic carbocycles. The molecule has 11 nitrogen and oxygen atoms in total. The number of carbonyl (C=O) groups excluding carboxylic acids is 4. The largest absolute Gasteiger partial charge is 0.480 e. The molecule has 4 unspecified atom stereocenters. The second-order valence-electron chi connectivity index (χ2n) is 6.84.